The van der Waals surface area contributed by atoms with Crippen molar-refractivity contribution >= 4 is 72.8 Å². The molecule has 0 unspecified atom stereocenters. The van der Waals surface area contributed by atoms with E-state index in [0.29, 0.717) is 0 Å². The monoisotopic (exact) mass is 410 g/mol. The summed E-state index contributed by atoms with van der Waals surface area (Å²) in [7, 11) is -5.17. The molecule has 0 aromatic carbocycles. The molecule has 0 saturated carbocycles. The van der Waals surface area contributed by atoms with Crippen LogP contribution in [0, 0.1) is 0 Å². The van der Waals surface area contributed by atoms with E-state index < -0.39 is 10.4 Å². The van der Waals surface area contributed by atoms with E-state index >= 15 is 0 Å². The van der Waals surface area contributed by atoms with Crippen LogP contribution in [0.4, 0.5) is 0 Å². The van der Waals surface area contributed by atoms with E-state index in [2.05, 4.69) is 0 Å². The van der Waals surface area contributed by atoms with Crippen LogP contribution in [0.5, 0.6) is 0 Å². The molecule has 0 bridgehead atoms. The molecule has 0 rings (SSSR count). The summed E-state index contributed by atoms with van der Waals surface area (Å²) in [5, 5.41) is 0. The summed E-state index contributed by atoms with van der Waals surface area (Å²) < 4.78 is 34.1. The second-order valence-electron chi connectivity index (χ2n) is 0.408. The molecule has 0 N–H and O–H groups in total. The average Bonchev–Trinajstić information content (AvgIpc) is 0.722. The van der Waals surface area contributed by atoms with Gasteiger partial charge in [-0.25, -0.2) is 0 Å². The van der Waals surface area contributed by atoms with Gasteiger partial charge >= 0.3 is 87.8 Å². The van der Waals surface area contributed by atoms with Crippen LogP contribution in [0.1, 0.15) is 0 Å². The van der Waals surface area contributed by atoms with E-state index in [0.717, 1.165) is 0 Å². The molecule has 0 aromatic heterocycles. The third kappa shape index (κ3) is 122. The van der Waals surface area contributed by atoms with Crippen LogP contribution in [-0.4, -0.2) is 66.4 Å². The molecule has 0 saturated heterocycles. The summed E-state index contributed by atoms with van der Waals surface area (Å²) in [5.74, 6) is 0. The van der Waals surface area contributed by atoms with Crippen molar-refractivity contribution in [3.05, 3.63) is 0 Å². The normalized spacial score (nSPS) is 5.80. The summed E-state index contributed by atoms with van der Waals surface area (Å²) in [6.07, 6.45) is 0. The standard InChI is InChI=1S/Ba.H2O4S.O.S.2Zn/c;1-5(2,3)4;;;;/h;(H2,1,2,3,4);;;;/q+2;;2*-2;2*+2/p-2. The van der Waals surface area contributed by atoms with Crippen LogP contribution in [0.3, 0.4) is 0 Å². The van der Waals surface area contributed by atoms with E-state index in [4.69, 9.17) is 17.5 Å². The van der Waals surface area contributed by atoms with Crippen LogP contribution in [0.25, 0.3) is 0 Å². The summed E-state index contributed by atoms with van der Waals surface area (Å²) >= 11 is 0. The fourth-order valence-electron chi connectivity index (χ4n) is 0. The zero-order chi connectivity index (χ0) is 4.50. The van der Waals surface area contributed by atoms with Crippen LogP contribution < -0.4 is 0 Å². The first-order valence-corrected chi connectivity index (χ1v) is 2.00. The van der Waals surface area contributed by atoms with Crippen LogP contribution in [0.2, 0.25) is 0 Å². The van der Waals surface area contributed by atoms with Crippen molar-refractivity contribution in [2.75, 3.05) is 0 Å². The maximum atomic E-state index is 8.52. The molecular weight excluding hydrogens is 412 g/mol. The minimum atomic E-state index is -5.17. The Balaban J connectivity index is -0.00000000800. The Labute approximate surface area is 132 Å². The zero-order valence-electron chi connectivity index (χ0n) is 4.98. The van der Waals surface area contributed by atoms with Gasteiger partial charge in [-0.2, -0.15) is 0 Å². The summed E-state index contributed by atoms with van der Waals surface area (Å²) in [6.45, 7) is 0. The van der Waals surface area contributed by atoms with Gasteiger partial charge in [0.05, 0.1) is 0 Å². The van der Waals surface area contributed by atoms with Crippen molar-refractivity contribution in [3.8, 4) is 0 Å². The molecule has 0 heterocycles. The first-order chi connectivity index (χ1) is 2.00. The SMILES string of the molecule is O=S(=O)([O-])[O-].[Ba+2].[O-2].[S-2].[Zn+2].[Zn+2]. The third-order valence-corrected chi connectivity index (χ3v) is 0. The van der Waals surface area contributed by atoms with Crippen molar-refractivity contribution in [2.45, 2.75) is 0 Å². The van der Waals surface area contributed by atoms with Crippen LogP contribution >= 0.6 is 0 Å². The van der Waals surface area contributed by atoms with Crippen molar-refractivity contribution in [2.24, 2.45) is 0 Å². The molecule has 10 heteroatoms. The molecule has 0 aliphatic heterocycles. The van der Waals surface area contributed by atoms with Gasteiger partial charge < -0.3 is 28.1 Å². The Morgan fingerprint density at radius 3 is 1.00 bits per heavy atom. The van der Waals surface area contributed by atoms with Crippen LogP contribution in [-0.2, 0) is 68.3 Å². The molecular formula is BaO5S2Zn2. The minimum Gasteiger partial charge on any atom is -2.00 e. The van der Waals surface area contributed by atoms with E-state index in [9.17, 15) is 0 Å². The van der Waals surface area contributed by atoms with E-state index in [-0.39, 0.29) is 107 Å². The van der Waals surface area contributed by atoms with Gasteiger partial charge in [0.15, 0.2) is 0 Å². The number of rotatable bonds is 0. The van der Waals surface area contributed by atoms with Crippen molar-refractivity contribution in [3.63, 3.8) is 0 Å². The molecule has 0 aliphatic carbocycles. The molecule has 0 atom stereocenters. The number of hydrogen-bond donors (Lipinski definition) is 0. The molecule has 5 nitrogen and oxygen atoms in total. The predicted octanol–water partition coefficient (Wildman–Crippen LogP) is -1.84. The smallest absolute Gasteiger partial charge is 2.00 e. The van der Waals surface area contributed by atoms with Gasteiger partial charge in [0.25, 0.3) is 0 Å². The van der Waals surface area contributed by atoms with Crippen molar-refractivity contribution in [1.29, 1.82) is 0 Å². The van der Waals surface area contributed by atoms with Gasteiger partial charge in [-0.05, 0) is 0 Å². The quantitative estimate of drug-likeness (QED) is 0.265. The first kappa shape index (κ1) is 38.2. The van der Waals surface area contributed by atoms with Gasteiger partial charge in [0.1, 0.15) is 0 Å². The molecule has 48 valence electrons. The zero-order valence-corrected chi connectivity index (χ0v) is 17.0. The Morgan fingerprint density at radius 1 is 1.00 bits per heavy atom. The van der Waals surface area contributed by atoms with E-state index in [1.807, 2.05) is 0 Å². The Kier molecular flexibility index (Phi) is 68.5. The third-order valence-electron chi connectivity index (χ3n) is 0. The maximum Gasteiger partial charge on any atom is 2.00 e. The molecule has 0 fully saturated rings. The second-order valence-corrected chi connectivity index (χ2v) is 1.22. The largest absolute Gasteiger partial charge is 2.00 e. The second kappa shape index (κ2) is 17.9. The van der Waals surface area contributed by atoms with Gasteiger partial charge in [0.2, 0.25) is 0 Å². The fraction of sp³-hybridized carbons (Fsp3) is 0. The summed E-state index contributed by atoms with van der Waals surface area (Å²) in [6, 6.07) is 0. The molecule has 0 aliphatic rings. The molecule has 10 heavy (non-hydrogen) atoms. The maximum absolute atomic E-state index is 8.52. The van der Waals surface area contributed by atoms with Crippen molar-refractivity contribution in [1.82, 2.24) is 0 Å². The van der Waals surface area contributed by atoms with Gasteiger partial charge in [-0.3, -0.25) is 8.42 Å². The van der Waals surface area contributed by atoms with E-state index in [1.54, 1.807) is 0 Å². The summed E-state index contributed by atoms with van der Waals surface area (Å²) in [5.41, 5.74) is 0. The molecule has 0 spiro atoms. The fourth-order valence-corrected chi connectivity index (χ4v) is 0. The molecule has 0 aromatic rings. The van der Waals surface area contributed by atoms with Crippen LogP contribution in [0.15, 0.2) is 0 Å². The molecule has 0 amide bonds. The van der Waals surface area contributed by atoms with Gasteiger partial charge in [0, 0.05) is 10.4 Å². The number of hydrogen-bond acceptors (Lipinski definition) is 4. The van der Waals surface area contributed by atoms with Gasteiger partial charge in [-0.1, -0.05) is 0 Å². The average molecular weight is 412 g/mol. The Bertz CT molecular complexity index is 101. The molecule has 0 radical (unpaired) electrons. The summed E-state index contributed by atoms with van der Waals surface area (Å²) in [4.78, 5) is 0. The first-order valence-electron chi connectivity index (χ1n) is 0.667. The van der Waals surface area contributed by atoms with Gasteiger partial charge in [-0.15, -0.1) is 0 Å². The minimum absolute atomic E-state index is 0. The topological polar surface area (TPSA) is 109 Å². The Morgan fingerprint density at radius 2 is 1.00 bits per heavy atom. The predicted molar refractivity (Wildman–Crippen MR) is 24.3 cm³/mol. The van der Waals surface area contributed by atoms with Crippen molar-refractivity contribution < 1.29 is 62.0 Å². The van der Waals surface area contributed by atoms with E-state index in [1.165, 1.54) is 0 Å². The Hall–Kier alpha value is 3.00.